The maximum atomic E-state index is 13.7. The minimum atomic E-state index is -0.316. The first kappa shape index (κ1) is 13.5. The third-order valence-corrected chi connectivity index (χ3v) is 4.67. The number of hydrogen-bond acceptors (Lipinski definition) is 4. The van der Waals surface area contributed by atoms with Crippen molar-refractivity contribution >= 4 is 44.2 Å². The topological polar surface area (TPSA) is 56.7 Å². The smallest absolute Gasteiger partial charge is 0.201 e. The minimum absolute atomic E-state index is 0.316. The van der Waals surface area contributed by atoms with Gasteiger partial charge in [0.05, 0.1) is 20.5 Å². The number of fused-ring (bicyclic) bond motifs is 1. The molecule has 4 nitrogen and oxygen atoms in total. The Morgan fingerprint density at radius 1 is 1.40 bits per heavy atom. The Bertz CT molecular complexity index is 780. The van der Waals surface area contributed by atoms with Crippen LogP contribution in [0, 0.1) is 12.7 Å². The average molecular weight is 355 g/mol. The standard InChI is InChI=1S/C13H12BrFN4S/c1-7-6-20-12(17-7)2-3-19-11-5-9(15)8(14)4-10(11)18-13(19)16/h4-6H,2-3H2,1H3,(H2,16,18). The Morgan fingerprint density at radius 3 is 2.90 bits per heavy atom. The maximum Gasteiger partial charge on any atom is 0.201 e. The van der Waals surface area contributed by atoms with Crippen LogP contribution in [0.3, 0.4) is 0 Å². The SMILES string of the molecule is Cc1csc(CCn2c(N)nc3cc(Br)c(F)cc32)n1. The molecule has 0 unspecified atom stereocenters. The minimum Gasteiger partial charge on any atom is -0.369 e. The van der Waals surface area contributed by atoms with Crippen LogP contribution in [0.2, 0.25) is 0 Å². The zero-order valence-electron chi connectivity index (χ0n) is 10.7. The molecule has 1 aromatic carbocycles. The predicted octanol–water partition coefficient (Wildman–Crippen LogP) is 3.53. The van der Waals surface area contributed by atoms with Gasteiger partial charge in [-0.3, -0.25) is 0 Å². The van der Waals surface area contributed by atoms with Crippen molar-refractivity contribution in [2.24, 2.45) is 0 Å². The highest BCUT2D eigenvalue weighted by molar-refractivity contribution is 9.10. The number of imidazole rings is 1. The molecule has 2 N–H and O–H groups in total. The largest absolute Gasteiger partial charge is 0.369 e. The molecule has 0 fully saturated rings. The average Bonchev–Trinajstić information content (AvgIpc) is 2.92. The van der Waals surface area contributed by atoms with E-state index in [1.54, 1.807) is 17.4 Å². The van der Waals surface area contributed by atoms with Crippen LogP contribution in [0.15, 0.2) is 22.0 Å². The van der Waals surface area contributed by atoms with Crippen LogP contribution in [-0.4, -0.2) is 14.5 Å². The molecule has 0 aliphatic carbocycles. The van der Waals surface area contributed by atoms with E-state index in [4.69, 9.17) is 5.73 Å². The first-order valence-corrected chi connectivity index (χ1v) is 7.73. The van der Waals surface area contributed by atoms with Gasteiger partial charge in [0.2, 0.25) is 5.95 Å². The summed E-state index contributed by atoms with van der Waals surface area (Å²) in [7, 11) is 0. The van der Waals surface area contributed by atoms with E-state index in [-0.39, 0.29) is 5.82 Å². The molecule has 3 rings (SSSR count). The van der Waals surface area contributed by atoms with E-state index in [1.165, 1.54) is 6.07 Å². The van der Waals surface area contributed by atoms with Crippen molar-refractivity contribution < 1.29 is 4.39 Å². The summed E-state index contributed by atoms with van der Waals surface area (Å²) in [5.74, 6) is 0.0783. The van der Waals surface area contributed by atoms with Crippen LogP contribution in [-0.2, 0) is 13.0 Å². The Labute approximate surface area is 127 Å². The van der Waals surface area contributed by atoms with Crippen molar-refractivity contribution in [3.05, 3.63) is 38.5 Å². The maximum absolute atomic E-state index is 13.7. The van der Waals surface area contributed by atoms with Gasteiger partial charge in [-0.15, -0.1) is 11.3 Å². The number of nitrogens with two attached hydrogens (primary N) is 1. The van der Waals surface area contributed by atoms with Gasteiger partial charge in [-0.05, 0) is 28.9 Å². The number of hydrogen-bond donors (Lipinski definition) is 1. The molecule has 7 heteroatoms. The molecule has 0 atom stereocenters. The third-order valence-electron chi connectivity index (χ3n) is 3.04. The fourth-order valence-electron chi connectivity index (χ4n) is 2.10. The quantitative estimate of drug-likeness (QED) is 0.782. The number of benzene rings is 1. The van der Waals surface area contributed by atoms with Gasteiger partial charge in [-0.25, -0.2) is 14.4 Å². The number of anilines is 1. The van der Waals surface area contributed by atoms with E-state index in [0.717, 1.165) is 17.1 Å². The lowest BCUT2D eigenvalue weighted by molar-refractivity contribution is 0.621. The van der Waals surface area contributed by atoms with Gasteiger partial charge < -0.3 is 10.3 Å². The Morgan fingerprint density at radius 2 is 2.20 bits per heavy atom. The van der Waals surface area contributed by atoms with Crippen LogP contribution in [0.5, 0.6) is 0 Å². The van der Waals surface area contributed by atoms with Gasteiger partial charge in [0, 0.05) is 30.1 Å². The number of aromatic nitrogens is 3. The van der Waals surface area contributed by atoms with Crippen LogP contribution < -0.4 is 5.73 Å². The summed E-state index contributed by atoms with van der Waals surface area (Å²) in [6.45, 7) is 2.60. The van der Waals surface area contributed by atoms with Gasteiger partial charge in [0.15, 0.2) is 0 Å². The summed E-state index contributed by atoms with van der Waals surface area (Å²) in [5, 5.41) is 3.06. The van der Waals surface area contributed by atoms with Gasteiger partial charge in [0.25, 0.3) is 0 Å². The highest BCUT2D eigenvalue weighted by Gasteiger charge is 2.12. The number of halogens is 2. The van der Waals surface area contributed by atoms with E-state index >= 15 is 0 Å². The Hall–Kier alpha value is -1.47. The van der Waals surface area contributed by atoms with Crippen molar-refractivity contribution in [2.45, 2.75) is 19.9 Å². The van der Waals surface area contributed by atoms with Crippen LogP contribution in [0.1, 0.15) is 10.7 Å². The van der Waals surface area contributed by atoms with Gasteiger partial charge in [-0.1, -0.05) is 0 Å². The second-order valence-electron chi connectivity index (χ2n) is 4.51. The van der Waals surface area contributed by atoms with Gasteiger partial charge in [0.1, 0.15) is 5.82 Å². The Balaban J connectivity index is 1.94. The predicted molar refractivity (Wildman–Crippen MR) is 82.4 cm³/mol. The molecule has 20 heavy (non-hydrogen) atoms. The lowest BCUT2D eigenvalue weighted by Gasteiger charge is -2.05. The van der Waals surface area contributed by atoms with Crippen molar-refractivity contribution in [1.82, 2.24) is 14.5 Å². The number of aryl methyl sites for hydroxylation is 3. The van der Waals surface area contributed by atoms with E-state index in [2.05, 4.69) is 25.9 Å². The number of nitrogens with zero attached hydrogens (tertiary/aromatic N) is 3. The summed E-state index contributed by atoms with van der Waals surface area (Å²) >= 11 is 4.78. The first-order chi connectivity index (χ1) is 9.54. The monoisotopic (exact) mass is 354 g/mol. The number of nitrogen functional groups attached to an aromatic ring is 1. The first-order valence-electron chi connectivity index (χ1n) is 6.06. The van der Waals surface area contributed by atoms with Crippen molar-refractivity contribution in [1.29, 1.82) is 0 Å². The summed E-state index contributed by atoms with van der Waals surface area (Å²) in [6.07, 6.45) is 0.756. The molecule has 3 aromatic rings. The molecule has 0 spiro atoms. The van der Waals surface area contributed by atoms with Crippen LogP contribution in [0.25, 0.3) is 11.0 Å². The van der Waals surface area contributed by atoms with Crippen molar-refractivity contribution in [3.63, 3.8) is 0 Å². The molecule has 0 saturated carbocycles. The van der Waals surface area contributed by atoms with E-state index in [1.807, 2.05) is 16.9 Å². The second-order valence-corrected chi connectivity index (χ2v) is 6.31. The van der Waals surface area contributed by atoms with E-state index < -0.39 is 0 Å². The fourth-order valence-corrected chi connectivity index (χ4v) is 3.20. The normalized spacial score (nSPS) is 11.3. The van der Waals surface area contributed by atoms with E-state index in [9.17, 15) is 4.39 Å². The van der Waals surface area contributed by atoms with E-state index in [0.29, 0.717) is 28.0 Å². The third kappa shape index (κ3) is 2.43. The molecule has 0 bridgehead atoms. The molecular formula is C13H12BrFN4S. The molecule has 0 radical (unpaired) electrons. The highest BCUT2D eigenvalue weighted by atomic mass is 79.9. The van der Waals surface area contributed by atoms with Crippen LogP contribution >= 0.6 is 27.3 Å². The van der Waals surface area contributed by atoms with Crippen molar-refractivity contribution in [3.8, 4) is 0 Å². The summed E-state index contributed by atoms with van der Waals surface area (Å²) in [4.78, 5) is 8.67. The molecular weight excluding hydrogens is 343 g/mol. The summed E-state index contributed by atoms with van der Waals surface area (Å²) < 4.78 is 15.9. The number of rotatable bonds is 3. The zero-order chi connectivity index (χ0) is 14.3. The lowest BCUT2D eigenvalue weighted by Crippen LogP contribution is -2.05. The lowest BCUT2D eigenvalue weighted by atomic mass is 10.3. The molecule has 2 heterocycles. The molecule has 0 saturated heterocycles. The number of thiazole rings is 1. The summed E-state index contributed by atoms with van der Waals surface area (Å²) in [6, 6.07) is 3.10. The molecule has 0 aliphatic heterocycles. The molecule has 104 valence electrons. The van der Waals surface area contributed by atoms with Gasteiger partial charge in [-0.2, -0.15) is 0 Å². The molecule has 0 aliphatic rings. The second kappa shape index (κ2) is 5.14. The van der Waals surface area contributed by atoms with Crippen molar-refractivity contribution in [2.75, 3.05) is 5.73 Å². The highest BCUT2D eigenvalue weighted by Crippen LogP contribution is 2.25. The summed E-state index contributed by atoms with van der Waals surface area (Å²) in [5.41, 5.74) is 8.33. The zero-order valence-corrected chi connectivity index (χ0v) is 13.1. The molecule has 0 amide bonds. The fraction of sp³-hybridized carbons (Fsp3) is 0.231. The van der Waals surface area contributed by atoms with Gasteiger partial charge >= 0.3 is 0 Å². The van der Waals surface area contributed by atoms with Crippen LogP contribution in [0.4, 0.5) is 10.3 Å². The molecule has 2 aromatic heterocycles. The Kier molecular flexibility index (Phi) is 3.47.